The molecule has 0 unspecified atom stereocenters. The van der Waals surface area contributed by atoms with Gasteiger partial charge in [-0.3, -0.25) is 9.59 Å². The number of benzene rings is 3. The molecule has 0 atom stereocenters. The maximum absolute atomic E-state index is 12.4. The van der Waals surface area contributed by atoms with Crippen molar-refractivity contribution in [3.63, 3.8) is 0 Å². The zero-order chi connectivity index (χ0) is 18.1. The first-order chi connectivity index (χ1) is 12.6. The van der Waals surface area contributed by atoms with Crippen LogP contribution < -0.4 is 0 Å². The van der Waals surface area contributed by atoms with E-state index in [1.807, 2.05) is 18.2 Å². The molecular formula is C22H14O4. The molecule has 0 saturated heterocycles. The van der Waals surface area contributed by atoms with Crippen LogP contribution in [0.25, 0.3) is 11.1 Å². The number of Topliss-reactive ketones (excluding diaryl/α,β-unsaturated/α-hetero) is 1. The van der Waals surface area contributed by atoms with Crippen LogP contribution in [0.15, 0.2) is 72.8 Å². The standard InChI is InChI=1S/C22H14O4/c23-20(13-26-22(25)14-6-2-1-3-7-14)15-10-11-18-19(12-15)16-8-4-5-9-17(16)21(18)24/h1-12H,13H2. The molecular weight excluding hydrogens is 328 g/mol. The van der Waals surface area contributed by atoms with Crippen molar-refractivity contribution in [1.82, 2.24) is 0 Å². The zero-order valence-corrected chi connectivity index (χ0v) is 13.8. The smallest absolute Gasteiger partial charge is 0.338 e. The second-order valence-corrected chi connectivity index (χ2v) is 6.00. The second kappa shape index (κ2) is 6.41. The zero-order valence-electron chi connectivity index (χ0n) is 13.8. The highest BCUT2D eigenvalue weighted by molar-refractivity contribution is 6.22. The van der Waals surface area contributed by atoms with Crippen molar-refractivity contribution in [3.8, 4) is 11.1 Å². The van der Waals surface area contributed by atoms with Crippen LogP contribution in [0.2, 0.25) is 0 Å². The third-order valence-corrected chi connectivity index (χ3v) is 4.39. The van der Waals surface area contributed by atoms with E-state index in [1.54, 1.807) is 54.6 Å². The summed E-state index contributed by atoms with van der Waals surface area (Å²) in [4.78, 5) is 36.8. The Hall–Kier alpha value is -3.53. The highest BCUT2D eigenvalue weighted by Gasteiger charge is 2.27. The number of hydrogen-bond acceptors (Lipinski definition) is 4. The van der Waals surface area contributed by atoms with Crippen LogP contribution in [-0.2, 0) is 4.74 Å². The van der Waals surface area contributed by atoms with Crippen LogP contribution in [-0.4, -0.2) is 24.1 Å². The fraction of sp³-hybridized carbons (Fsp3) is 0.0455. The summed E-state index contributed by atoms with van der Waals surface area (Å²) in [5, 5.41) is 0. The minimum atomic E-state index is -0.541. The van der Waals surface area contributed by atoms with Crippen LogP contribution in [0.3, 0.4) is 0 Å². The highest BCUT2D eigenvalue weighted by Crippen LogP contribution is 2.36. The summed E-state index contributed by atoms with van der Waals surface area (Å²) in [7, 11) is 0. The lowest BCUT2D eigenvalue weighted by molar-refractivity contribution is 0.0475. The minimum absolute atomic E-state index is 0.0369. The molecule has 0 saturated carbocycles. The van der Waals surface area contributed by atoms with E-state index < -0.39 is 5.97 Å². The molecule has 1 aliphatic carbocycles. The number of carbonyl (C=O) groups is 3. The van der Waals surface area contributed by atoms with Gasteiger partial charge >= 0.3 is 5.97 Å². The van der Waals surface area contributed by atoms with Crippen molar-refractivity contribution < 1.29 is 19.1 Å². The molecule has 1 aliphatic rings. The molecule has 0 aromatic heterocycles. The highest BCUT2D eigenvalue weighted by atomic mass is 16.5. The van der Waals surface area contributed by atoms with E-state index in [0.29, 0.717) is 22.3 Å². The van der Waals surface area contributed by atoms with Gasteiger partial charge in [-0.05, 0) is 35.4 Å². The Morgan fingerprint density at radius 2 is 1.35 bits per heavy atom. The molecule has 0 fully saturated rings. The number of esters is 1. The third-order valence-electron chi connectivity index (χ3n) is 4.39. The summed E-state index contributed by atoms with van der Waals surface area (Å²) in [6, 6.07) is 20.8. The van der Waals surface area contributed by atoms with Crippen molar-refractivity contribution in [2.24, 2.45) is 0 Å². The topological polar surface area (TPSA) is 60.4 Å². The van der Waals surface area contributed by atoms with Crippen molar-refractivity contribution in [2.75, 3.05) is 6.61 Å². The fourth-order valence-electron chi connectivity index (χ4n) is 3.07. The molecule has 3 aromatic rings. The van der Waals surface area contributed by atoms with Gasteiger partial charge in [0.25, 0.3) is 0 Å². The normalized spacial score (nSPS) is 11.6. The van der Waals surface area contributed by atoms with E-state index in [0.717, 1.165) is 11.1 Å². The molecule has 126 valence electrons. The lowest BCUT2D eigenvalue weighted by Gasteiger charge is -2.06. The quantitative estimate of drug-likeness (QED) is 0.416. The van der Waals surface area contributed by atoms with E-state index in [-0.39, 0.29) is 18.2 Å². The summed E-state index contributed by atoms with van der Waals surface area (Å²) in [5.41, 5.74) is 3.60. The van der Waals surface area contributed by atoms with Crippen molar-refractivity contribution in [1.29, 1.82) is 0 Å². The predicted octanol–water partition coefficient (Wildman–Crippen LogP) is 3.94. The average Bonchev–Trinajstić information content (AvgIpc) is 2.99. The average molecular weight is 342 g/mol. The van der Waals surface area contributed by atoms with Crippen LogP contribution >= 0.6 is 0 Å². The Balaban J connectivity index is 1.54. The molecule has 0 bridgehead atoms. The SMILES string of the molecule is O=C(COC(=O)c1ccccc1)c1ccc2c(c1)-c1ccccc1C2=O. The van der Waals surface area contributed by atoms with Gasteiger partial charge in [-0.1, -0.05) is 48.5 Å². The Bertz CT molecular complexity index is 1040. The molecule has 0 amide bonds. The van der Waals surface area contributed by atoms with Crippen molar-refractivity contribution in [2.45, 2.75) is 0 Å². The molecule has 4 heteroatoms. The number of hydrogen-bond donors (Lipinski definition) is 0. The summed E-state index contributed by atoms with van der Waals surface area (Å²) in [6.07, 6.45) is 0. The summed E-state index contributed by atoms with van der Waals surface area (Å²) < 4.78 is 5.10. The predicted molar refractivity (Wildman–Crippen MR) is 96.4 cm³/mol. The van der Waals surface area contributed by atoms with E-state index in [2.05, 4.69) is 0 Å². The van der Waals surface area contributed by atoms with Gasteiger partial charge in [0.05, 0.1) is 5.56 Å². The van der Waals surface area contributed by atoms with E-state index in [1.165, 1.54) is 0 Å². The molecule has 0 heterocycles. The lowest BCUT2D eigenvalue weighted by atomic mass is 10.0. The number of rotatable bonds is 4. The van der Waals surface area contributed by atoms with Gasteiger partial charge in [0, 0.05) is 16.7 Å². The monoisotopic (exact) mass is 342 g/mol. The maximum Gasteiger partial charge on any atom is 0.338 e. The molecule has 4 nitrogen and oxygen atoms in total. The number of ketones is 2. The molecule has 0 aliphatic heterocycles. The van der Waals surface area contributed by atoms with Crippen molar-refractivity contribution >= 4 is 17.5 Å². The second-order valence-electron chi connectivity index (χ2n) is 6.00. The Labute approximate surface area is 150 Å². The van der Waals surface area contributed by atoms with Gasteiger partial charge in [0.15, 0.2) is 18.2 Å². The van der Waals surface area contributed by atoms with E-state index in [4.69, 9.17) is 4.74 Å². The Morgan fingerprint density at radius 1 is 0.692 bits per heavy atom. The summed E-state index contributed by atoms with van der Waals surface area (Å²) in [6.45, 7) is -0.345. The van der Waals surface area contributed by atoms with Crippen LogP contribution in [0, 0.1) is 0 Å². The van der Waals surface area contributed by atoms with E-state index in [9.17, 15) is 14.4 Å². The number of fused-ring (bicyclic) bond motifs is 3. The molecule has 0 N–H and O–H groups in total. The molecule has 4 rings (SSSR count). The molecule has 0 spiro atoms. The lowest BCUT2D eigenvalue weighted by Crippen LogP contribution is -2.14. The van der Waals surface area contributed by atoms with Crippen LogP contribution in [0.1, 0.15) is 36.6 Å². The maximum atomic E-state index is 12.4. The molecule has 0 radical (unpaired) electrons. The summed E-state index contributed by atoms with van der Waals surface area (Å²) >= 11 is 0. The van der Waals surface area contributed by atoms with Crippen LogP contribution in [0.5, 0.6) is 0 Å². The van der Waals surface area contributed by atoms with Crippen molar-refractivity contribution in [3.05, 3.63) is 95.1 Å². The Kier molecular flexibility index (Phi) is 3.93. The van der Waals surface area contributed by atoms with Gasteiger partial charge < -0.3 is 4.74 Å². The first-order valence-corrected chi connectivity index (χ1v) is 8.18. The Morgan fingerprint density at radius 3 is 2.12 bits per heavy atom. The third kappa shape index (κ3) is 2.71. The molecule has 26 heavy (non-hydrogen) atoms. The first-order valence-electron chi connectivity index (χ1n) is 8.18. The van der Waals surface area contributed by atoms with Gasteiger partial charge in [-0.15, -0.1) is 0 Å². The van der Waals surface area contributed by atoms with E-state index >= 15 is 0 Å². The van der Waals surface area contributed by atoms with Gasteiger partial charge in [0.2, 0.25) is 0 Å². The van der Waals surface area contributed by atoms with Crippen LogP contribution in [0.4, 0.5) is 0 Å². The van der Waals surface area contributed by atoms with Gasteiger partial charge in [-0.2, -0.15) is 0 Å². The fourth-order valence-corrected chi connectivity index (χ4v) is 3.07. The number of ether oxygens (including phenoxy) is 1. The largest absolute Gasteiger partial charge is 0.454 e. The number of carbonyl (C=O) groups excluding carboxylic acids is 3. The van der Waals surface area contributed by atoms with Gasteiger partial charge in [0.1, 0.15) is 0 Å². The summed E-state index contributed by atoms with van der Waals surface area (Å²) in [5.74, 6) is -0.889. The molecule has 3 aromatic carbocycles. The minimum Gasteiger partial charge on any atom is -0.454 e. The first kappa shape index (κ1) is 16.0. The van der Waals surface area contributed by atoms with Gasteiger partial charge in [-0.25, -0.2) is 4.79 Å².